The van der Waals surface area contributed by atoms with Gasteiger partial charge in [-0.05, 0) is 49.2 Å². The number of nitrogens with two attached hydrogens (primary N) is 1. The van der Waals surface area contributed by atoms with Gasteiger partial charge in [-0.25, -0.2) is 4.98 Å². The van der Waals surface area contributed by atoms with E-state index in [9.17, 15) is 0 Å². The van der Waals surface area contributed by atoms with Crippen molar-refractivity contribution >= 4 is 22.5 Å². The summed E-state index contributed by atoms with van der Waals surface area (Å²) in [7, 11) is 0. The van der Waals surface area contributed by atoms with Crippen LogP contribution in [0.1, 0.15) is 11.1 Å². The Kier molecular flexibility index (Phi) is 2.89. The third-order valence-corrected chi connectivity index (χ3v) is 2.82. The largest absolute Gasteiger partial charge is 0.330 e. The Morgan fingerprint density at radius 1 is 1.33 bits per heavy atom. The molecule has 0 fully saturated rings. The highest BCUT2D eigenvalue weighted by atomic mass is 35.5. The first-order chi connectivity index (χ1) is 7.20. The summed E-state index contributed by atoms with van der Waals surface area (Å²) in [6.45, 7) is 2.63. The molecule has 0 spiro atoms. The van der Waals surface area contributed by atoms with Gasteiger partial charge in [0.1, 0.15) is 5.15 Å². The highest BCUT2D eigenvalue weighted by molar-refractivity contribution is 6.30. The van der Waals surface area contributed by atoms with Gasteiger partial charge in [0.05, 0.1) is 5.52 Å². The molecule has 1 heterocycles. The topological polar surface area (TPSA) is 38.9 Å². The molecule has 15 heavy (non-hydrogen) atoms. The maximum atomic E-state index is 5.96. The highest BCUT2D eigenvalue weighted by Gasteiger charge is 2.01. The van der Waals surface area contributed by atoms with Gasteiger partial charge >= 0.3 is 0 Å². The molecule has 2 aromatic rings. The van der Waals surface area contributed by atoms with Crippen molar-refractivity contribution in [1.82, 2.24) is 4.98 Å². The standard InChI is InChI=1S/C12H13ClN2/c1-8-6-10-7-9(4-5-14)2-3-11(10)15-12(8)13/h2-3,6-7H,4-5,14H2,1H3. The number of pyridine rings is 1. The number of aryl methyl sites for hydroxylation is 1. The predicted octanol–water partition coefficient (Wildman–Crippen LogP) is 2.70. The van der Waals surface area contributed by atoms with Crippen LogP contribution in [0.25, 0.3) is 10.9 Å². The van der Waals surface area contributed by atoms with E-state index in [2.05, 4.69) is 17.1 Å². The maximum absolute atomic E-state index is 5.96. The third-order valence-electron chi connectivity index (χ3n) is 2.44. The van der Waals surface area contributed by atoms with Crippen LogP contribution >= 0.6 is 11.6 Å². The number of benzene rings is 1. The monoisotopic (exact) mass is 220 g/mol. The zero-order chi connectivity index (χ0) is 10.8. The first-order valence-electron chi connectivity index (χ1n) is 4.96. The summed E-state index contributed by atoms with van der Waals surface area (Å²) in [5.74, 6) is 0. The van der Waals surface area contributed by atoms with Crippen LogP contribution in [0.4, 0.5) is 0 Å². The van der Waals surface area contributed by atoms with Gasteiger partial charge in [0, 0.05) is 5.39 Å². The lowest BCUT2D eigenvalue weighted by Gasteiger charge is -2.04. The van der Waals surface area contributed by atoms with Crippen LogP contribution < -0.4 is 5.73 Å². The second-order valence-corrected chi connectivity index (χ2v) is 4.02. The molecule has 1 aromatic heterocycles. The van der Waals surface area contributed by atoms with Gasteiger partial charge in [-0.2, -0.15) is 0 Å². The quantitative estimate of drug-likeness (QED) is 0.791. The van der Waals surface area contributed by atoms with E-state index in [-0.39, 0.29) is 0 Å². The molecule has 1 aromatic carbocycles. The number of aromatic nitrogens is 1. The first kappa shape index (κ1) is 10.4. The molecule has 2 nitrogen and oxygen atoms in total. The zero-order valence-electron chi connectivity index (χ0n) is 8.63. The third kappa shape index (κ3) is 2.11. The number of fused-ring (bicyclic) bond motifs is 1. The Hall–Kier alpha value is -1.12. The number of nitrogens with zero attached hydrogens (tertiary/aromatic N) is 1. The summed E-state index contributed by atoms with van der Waals surface area (Å²) in [4.78, 5) is 4.31. The Morgan fingerprint density at radius 3 is 2.87 bits per heavy atom. The Morgan fingerprint density at radius 2 is 2.13 bits per heavy atom. The molecule has 0 saturated carbocycles. The molecular formula is C12H13ClN2. The lowest BCUT2D eigenvalue weighted by atomic mass is 10.1. The van der Waals surface area contributed by atoms with Crippen molar-refractivity contribution in [3.05, 3.63) is 40.5 Å². The molecule has 0 aliphatic carbocycles. The van der Waals surface area contributed by atoms with Gasteiger partial charge in [-0.1, -0.05) is 17.7 Å². The van der Waals surface area contributed by atoms with Crippen LogP contribution in [0.5, 0.6) is 0 Å². The molecule has 0 atom stereocenters. The Labute approximate surface area is 94.1 Å². The second-order valence-electron chi connectivity index (χ2n) is 3.66. The summed E-state index contributed by atoms with van der Waals surface area (Å²) in [5.41, 5.74) is 8.71. The minimum absolute atomic E-state index is 0.578. The van der Waals surface area contributed by atoms with Crippen LogP contribution in [-0.2, 0) is 6.42 Å². The predicted molar refractivity (Wildman–Crippen MR) is 64.2 cm³/mol. The van der Waals surface area contributed by atoms with Crippen molar-refractivity contribution in [3.63, 3.8) is 0 Å². The van der Waals surface area contributed by atoms with E-state index in [0.717, 1.165) is 22.9 Å². The number of hydrogen-bond acceptors (Lipinski definition) is 2. The molecule has 0 saturated heterocycles. The average molecular weight is 221 g/mol. The highest BCUT2D eigenvalue weighted by Crippen LogP contribution is 2.20. The van der Waals surface area contributed by atoms with Crippen LogP contribution in [-0.4, -0.2) is 11.5 Å². The van der Waals surface area contributed by atoms with E-state index >= 15 is 0 Å². The number of rotatable bonds is 2. The lowest BCUT2D eigenvalue weighted by Crippen LogP contribution is -2.02. The molecule has 0 aliphatic rings. The minimum atomic E-state index is 0.578. The molecular weight excluding hydrogens is 208 g/mol. The average Bonchev–Trinajstić information content (AvgIpc) is 2.21. The first-order valence-corrected chi connectivity index (χ1v) is 5.34. The van der Waals surface area contributed by atoms with E-state index in [0.29, 0.717) is 11.7 Å². The van der Waals surface area contributed by atoms with Gasteiger partial charge in [0.15, 0.2) is 0 Å². The van der Waals surface area contributed by atoms with E-state index in [1.165, 1.54) is 5.56 Å². The SMILES string of the molecule is Cc1cc2cc(CCN)ccc2nc1Cl. The van der Waals surface area contributed by atoms with Gasteiger partial charge in [0.2, 0.25) is 0 Å². The van der Waals surface area contributed by atoms with Crippen molar-refractivity contribution in [2.45, 2.75) is 13.3 Å². The van der Waals surface area contributed by atoms with Crippen LogP contribution in [0.15, 0.2) is 24.3 Å². The fourth-order valence-corrected chi connectivity index (χ4v) is 1.78. The Balaban J connectivity index is 2.56. The summed E-state index contributed by atoms with van der Waals surface area (Å²) in [6, 6.07) is 8.22. The van der Waals surface area contributed by atoms with Crippen molar-refractivity contribution in [2.75, 3.05) is 6.54 Å². The van der Waals surface area contributed by atoms with Gasteiger partial charge in [-0.15, -0.1) is 0 Å². The molecule has 2 rings (SSSR count). The lowest BCUT2D eigenvalue weighted by molar-refractivity contribution is 0.970. The van der Waals surface area contributed by atoms with Crippen LogP contribution in [0, 0.1) is 6.92 Å². The van der Waals surface area contributed by atoms with Crippen molar-refractivity contribution in [2.24, 2.45) is 5.73 Å². The number of halogens is 1. The summed E-state index contributed by atoms with van der Waals surface area (Å²) < 4.78 is 0. The molecule has 0 amide bonds. The zero-order valence-corrected chi connectivity index (χ0v) is 9.38. The second kappa shape index (κ2) is 4.17. The van der Waals surface area contributed by atoms with Crippen molar-refractivity contribution < 1.29 is 0 Å². The van der Waals surface area contributed by atoms with Crippen LogP contribution in [0.3, 0.4) is 0 Å². The fourth-order valence-electron chi connectivity index (χ4n) is 1.63. The maximum Gasteiger partial charge on any atom is 0.132 e. The molecule has 0 bridgehead atoms. The van der Waals surface area contributed by atoms with E-state index in [1.807, 2.05) is 19.1 Å². The summed E-state index contributed by atoms with van der Waals surface area (Å²) in [6.07, 6.45) is 0.900. The summed E-state index contributed by atoms with van der Waals surface area (Å²) >= 11 is 5.96. The molecule has 2 N–H and O–H groups in total. The van der Waals surface area contributed by atoms with E-state index < -0.39 is 0 Å². The van der Waals surface area contributed by atoms with E-state index in [4.69, 9.17) is 17.3 Å². The van der Waals surface area contributed by atoms with Gasteiger partial charge in [-0.3, -0.25) is 0 Å². The van der Waals surface area contributed by atoms with E-state index in [1.54, 1.807) is 0 Å². The van der Waals surface area contributed by atoms with Crippen molar-refractivity contribution in [3.8, 4) is 0 Å². The van der Waals surface area contributed by atoms with Crippen LogP contribution in [0.2, 0.25) is 5.15 Å². The Bertz CT molecular complexity index is 494. The smallest absolute Gasteiger partial charge is 0.132 e. The molecule has 3 heteroatoms. The molecule has 0 aliphatic heterocycles. The van der Waals surface area contributed by atoms with Crippen molar-refractivity contribution in [1.29, 1.82) is 0 Å². The summed E-state index contributed by atoms with van der Waals surface area (Å²) in [5, 5.41) is 1.71. The normalized spacial score (nSPS) is 10.9. The number of hydrogen-bond donors (Lipinski definition) is 1. The fraction of sp³-hybridized carbons (Fsp3) is 0.250. The minimum Gasteiger partial charge on any atom is -0.330 e. The van der Waals surface area contributed by atoms with Gasteiger partial charge < -0.3 is 5.73 Å². The molecule has 78 valence electrons. The molecule has 0 unspecified atom stereocenters. The van der Waals surface area contributed by atoms with Gasteiger partial charge in [0.25, 0.3) is 0 Å². The molecule has 0 radical (unpaired) electrons.